The largest absolute Gasteiger partial charge is 0.507 e. The smallest absolute Gasteiger partial charge is 0.407 e. The van der Waals surface area contributed by atoms with E-state index in [4.69, 9.17) is 0 Å². The molecule has 2 N–H and O–H groups in total. The maximum atomic E-state index is 15.6. The molecule has 1 aliphatic rings. The average Bonchev–Trinajstić information content (AvgIpc) is 2.89. The molecule has 39 heavy (non-hydrogen) atoms. The molecule has 3 heterocycles. The van der Waals surface area contributed by atoms with Gasteiger partial charge in [-0.25, -0.2) is 27.9 Å². The molecule has 0 aliphatic carbocycles. The molecule has 1 fully saturated rings. The number of pyridine rings is 1. The van der Waals surface area contributed by atoms with Crippen LogP contribution in [0.3, 0.4) is 0 Å². The zero-order valence-electron chi connectivity index (χ0n) is 21.7. The number of aryl methyl sites for hydroxylation is 1. The number of halogens is 2. The monoisotopic (exact) mass is 535 g/mol. The van der Waals surface area contributed by atoms with Gasteiger partial charge in [-0.1, -0.05) is 38.1 Å². The van der Waals surface area contributed by atoms with E-state index < -0.39 is 40.4 Å². The second kappa shape index (κ2) is 9.97. The number of hydrogen-bond donors (Lipinski definition) is 2. The Bertz CT molecular complexity index is 1640. The highest BCUT2D eigenvalue weighted by Gasteiger charge is 2.28. The molecule has 11 heteroatoms. The number of phenolic OH excluding ortho intramolecular Hbond substituents is 1. The van der Waals surface area contributed by atoms with Crippen LogP contribution in [0.2, 0.25) is 0 Å². The fourth-order valence-electron chi connectivity index (χ4n) is 5.03. The molecular weight excluding hydrogens is 508 g/mol. The number of amides is 1. The van der Waals surface area contributed by atoms with E-state index in [2.05, 4.69) is 9.97 Å². The molecule has 0 saturated carbocycles. The van der Waals surface area contributed by atoms with Gasteiger partial charge >= 0.3 is 11.8 Å². The predicted molar refractivity (Wildman–Crippen MR) is 143 cm³/mol. The summed E-state index contributed by atoms with van der Waals surface area (Å²) in [5.74, 6) is -2.10. The van der Waals surface area contributed by atoms with Crippen LogP contribution in [0, 0.1) is 18.6 Å². The molecule has 0 radical (unpaired) electrons. The first kappa shape index (κ1) is 26.1. The lowest BCUT2D eigenvalue weighted by Gasteiger charge is -2.34. The molecule has 5 rings (SSSR count). The highest BCUT2D eigenvalue weighted by Crippen LogP contribution is 2.36. The maximum absolute atomic E-state index is 15.6. The Morgan fingerprint density at radius 3 is 2.33 bits per heavy atom. The molecule has 1 amide bonds. The van der Waals surface area contributed by atoms with Crippen LogP contribution in [-0.2, 0) is 0 Å². The van der Waals surface area contributed by atoms with E-state index in [0.29, 0.717) is 5.69 Å². The van der Waals surface area contributed by atoms with Gasteiger partial charge in [-0.15, -0.1) is 0 Å². The number of carbonyl (C=O) groups is 1. The van der Waals surface area contributed by atoms with Gasteiger partial charge < -0.3 is 20.0 Å². The Balaban J connectivity index is 1.84. The number of rotatable bonds is 4. The van der Waals surface area contributed by atoms with E-state index in [9.17, 15) is 24.2 Å². The van der Waals surface area contributed by atoms with Crippen LogP contribution in [0.1, 0.15) is 30.9 Å². The predicted octanol–water partition coefficient (Wildman–Crippen LogP) is 4.66. The lowest BCUT2D eigenvalue weighted by molar-refractivity contribution is 0.142. The molecule has 9 nitrogen and oxygen atoms in total. The number of carboxylic acid groups (broad SMARTS) is 1. The normalized spacial score (nSPS) is 13.9. The van der Waals surface area contributed by atoms with Crippen LogP contribution in [0.15, 0.2) is 47.3 Å². The SMILES string of the molecule is Cc1cccc(C(C)C)c1-n1c(=O)nc(N2CCN(C(=O)O)CC2)c2cc(F)c(-c3c(O)cccc3F)nc21. The van der Waals surface area contributed by atoms with Crippen molar-refractivity contribution in [2.75, 3.05) is 31.1 Å². The topological polar surface area (TPSA) is 112 Å². The number of piperazine rings is 1. The summed E-state index contributed by atoms with van der Waals surface area (Å²) < 4.78 is 31.8. The molecule has 1 saturated heterocycles. The van der Waals surface area contributed by atoms with Crippen molar-refractivity contribution in [1.29, 1.82) is 0 Å². The molecule has 2 aromatic heterocycles. The van der Waals surface area contributed by atoms with Gasteiger partial charge in [-0.05, 0) is 42.2 Å². The number of phenols is 1. The first-order valence-electron chi connectivity index (χ1n) is 12.5. The summed E-state index contributed by atoms with van der Waals surface area (Å²) in [5.41, 5.74) is 0.648. The number of benzene rings is 2. The molecule has 0 unspecified atom stereocenters. The van der Waals surface area contributed by atoms with Gasteiger partial charge in [0, 0.05) is 26.2 Å². The highest BCUT2D eigenvalue weighted by molar-refractivity contribution is 5.91. The van der Waals surface area contributed by atoms with Crippen LogP contribution in [-0.4, -0.2) is 61.9 Å². The number of anilines is 1. The van der Waals surface area contributed by atoms with Crippen molar-refractivity contribution in [2.45, 2.75) is 26.7 Å². The van der Waals surface area contributed by atoms with E-state index in [-0.39, 0.29) is 48.9 Å². The third-order valence-electron chi connectivity index (χ3n) is 6.99. The number of nitrogens with zero attached hydrogens (tertiary/aromatic N) is 5. The number of hydrogen-bond acceptors (Lipinski definition) is 6. The van der Waals surface area contributed by atoms with E-state index in [0.717, 1.165) is 23.3 Å². The summed E-state index contributed by atoms with van der Waals surface area (Å²) >= 11 is 0. The van der Waals surface area contributed by atoms with Crippen LogP contribution >= 0.6 is 0 Å². The summed E-state index contributed by atoms with van der Waals surface area (Å²) in [5, 5.41) is 19.9. The fraction of sp³-hybridized carbons (Fsp3) is 0.286. The Kier molecular flexibility index (Phi) is 6.67. The molecule has 0 spiro atoms. The van der Waals surface area contributed by atoms with Crippen LogP contribution in [0.4, 0.5) is 19.4 Å². The summed E-state index contributed by atoms with van der Waals surface area (Å²) in [6.45, 7) is 6.61. The lowest BCUT2D eigenvalue weighted by Crippen LogP contribution is -2.49. The van der Waals surface area contributed by atoms with E-state index in [1.807, 2.05) is 39.0 Å². The Morgan fingerprint density at radius 2 is 1.69 bits per heavy atom. The van der Waals surface area contributed by atoms with Crippen molar-refractivity contribution in [2.24, 2.45) is 0 Å². The molecular formula is C28H27F2N5O4. The Labute approximate surface area is 222 Å². The van der Waals surface area contributed by atoms with Crippen molar-refractivity contribution in [3.8, 4) is 22.7 Å². The van der Waals surface area contributed by atoms with Crippen molar-refractivity contribution < 1.29 is 23.8 Å². The number of aromatic hydroxyl groups is 1. The minimum Gasteiger partial charge on any atom is -0.507 e. The van der Waals surface area contributed by atoms with Gasteiger partial charge in [-0.2, -0.15) is 4.98 Å². The Hall–Kier alpha value is -4.54. The molecule has 2 aromatic carbocycles. The maximum Gasteiger partial charge on any atom is 0.407 e. The number of aromatic nitrogens is 3. The summed E-state index contributed by atoms with van der Waals surface area (Å²) in [6.07, 6.45) is -1.05. The highest BCUT2D eigenvalue weighted by atomic mass is 19.1. The quantitative estimate of drug-likeness (QED) is 0.391. The zero-order valence-corrected chi connectivity index (χ0v) is 21.7. The van der Waals surface area contributed by atoms with Gasteiger partial charge in [0.15, 0.2) is 11.5 Å². The van der Waals surface area contributed by atoms with Crippen LogP contribution in [0.25, 0.3) is 28.0 Å². The minimum absolute atomic E-state index is 0.0150. The van der Waals surface area contributed by atoms with Gasteiger partial charge in [0.25, 0.3) is 0 Å². The fourth-order valence-corrected chi connectivity index (χ4v) is 5.03. The lowest BCUT2D eigenvalue weighted by atomic mass is 9.98. The van der Waals surface area contributed by atoms with Crippen molar-refractivity contribution in [1.82, 2.24) is 19.4 Å². The molecule has 0 atom stereocenters. The molecule has 202 valence electrons. The third-order valence-corrected chi connectivity index (χ3v) is 6.99. The minimum atomic E-state index is -1.05. The standard InChI is InChI=1S/C28H27F2N5O4/c1-15(2)17-7-4-6-16(3)24(17)35-26-18(14-20(30)23(31-26)22-19(29)8-5-9-21(22)36)25(32-27(35)37)33-10-12-34(13-11-33)28(38)39/h4-9,14-15,36H,10-13H2,1-3H3,(H,38,39). The molecule has 1 aliphatic heterocycles. The van der Waals surface area contributed by atoms with Crippen LogP contribution in [0.5, 0.6) is 5.75 Å². The van der Waals surface area contributed by atoms with Gasteiger partial charge in [0.2, 0.25) is 0 Å². The average molecular weight is 536 g/mol. The Morgan fingerprint density at radius 1 is 1.00 bits per heavy atom. The van der Waals surface area contributed by atoms with Crippen molar-refractivity contribution in [3.05, 3.63) is 75.7 Å². The summed E-state index contributed by atoms with van der Waals surface area (Å²) in [6, 6.07) is 10.4. The number of fused-ring (bicyclic) bond motifs is 1. The van der Waals surface area contributed by atoms with Gasteiger partial charge in [0.05, 0.1) is 16.6 Å². The zero-order chi connectivity index (χ0) is 28.0. The van der Waals surface area contributed by atoms with Crippen molar-refractivity contribution in [3.63, 3.8) is 0 Å². The van der Waals surface area contributed by atoms with E-state index in [1.165, 1.54) is 21.6 Å². The van der Waals surface area contributed by atoms with E-state index in [1.54, 1.807) is 4.90 Å². The van der Waals surface area contributed by atoms with E-state index >= 15 is 4.39 Å². The third kappa shape index (κ3) is 4.53. The van der Waals surface area contributed by atoms with Crippen LogP contribution < -0.4 is 10.6 Å². The molecule has 4 aromatic rings. The van der Waals surface area contributed by atoms with Gasteiger partial charge in [0.1, 0.15) is 23.1 Å². The number of para-hydroxylation sites is 1. The van der Waals surface area contributed by atoms with Crippen molar-refractivity contribution >= 4 is 22.9 Å². The second-order valence-corrected chi connectivity index (χ2v) is 9.80. The second-order valence-electron chi connectivity index (χ2n) is 9.80. The first-order chi connectivity index (χ1) is 18.6. The molecule has 0 bridgehead atoms. The summed E-state index contributed by atoms with van der Waals surface area (Å²) in [7, 11) is 0. The first-order valence-corrected chi connectivity index (χ1v) is 12.5. The summed E-state index contributed by atoms with van der Waals surface area (Å²) in [4.78, 5) is 36.9. The van der Waals surface area contributed by atoms with Gasteiger partial charge in [-0.3, -0.25) is 0 Å².